The second kappa shape index (κ2) is 7.62. The first-order chi connectivity index (χ1) is 14.1. The van der Waals surface area contributed by atoms with Crippen LogP contribution in [0.15, 0.2) is 36.4 Å². The lowest BCUT2D eigenvalue weighted by molar-refractivity contribution is 0.0945. The number of benzene rings is 2. The molecule has 0 bridgehead atoms. The summed E-state index contributed by atoms with van der Waals surface area (Å²) in [5, 5.41) is 0.662. The zero-order valence-electron chi connectivity index (χ0n) is 16.6. The Morgan fingerprint density at radius 2 is 1.97 bits per heavy atom. The number of nitrogens with zero attached hydrogens (tertiary/aromatic N) is 3. The van der Waals surface area contributed by atoms with Crippen LogP contribution in [0.5, 0.6) is 5.75 Å². The summed E-state index contributed by atoms with van der Waals surface area (Å²) in [5.74, 6) is 1.63. The van der Waals surface area contributed by atoms with Crippen molar-refractivity contribution in [1.82, 2.24) is 14.5 Å². The fourth-order valence-electron chi connectivity index (χ4n) is 4.70. The summed E-state index contributed by atoms with van der Waals surface area (Å²) < 4.78 is 22.4. The number of para-hydroxylation sites is 1. The molecule has 0 spiro atoms. The number of rotatable bonds is 4. The van der Waals surface area contributed by atoms with Crippen molar-refractivity contribution in [2.45, 2.75) is 51.3 Å². The van der Waals surface area contributed by atoms with Crippen LogP contribution in [0.2, 0.25) is 5.02 Å². The lowest BCUT2D eigenvalue weighted by Crippen LogP contribution is -2.38. The molecule has 2 aliphatic heterocycles. The lowest BCUT2D eigenvalue weighted by Gasteiger charge is -2.33. The lowest BCUT2D eigenvalue weighted by atomic mass is 10.00. The molecule has 2 aliphatic rings. The number of likely N-dealkylation sites (tertiary alicyclic amines) is 1. The van der Waals surface area contributed by atoms with Crippen molar-refractivity contribution in [3.8, 4) is 5.75 Å². The highest BCUT2D eigenvalue weighted by molar-refractivity contribution is 6.32. The van der Waals surface area contributed by atoms with E-state index in [9.17, 15) is 4.39 Å². The molecule has 1 fully saturated rings. The third-order valence-electron chi connectivity index (χ3n) is 6.20. The Labute approximate surface area is 175 Å². The highest BCUT2D eigenvalue weighted by atomic mass is 35.5. The third-order valence-corrected chi connectivity index (χ3v) is 6.52. The standard InChI is InChI=1S/C23H25ClFN3O/c1-15-6-7-16-12-17(25)13-20-23(16)28(15)22(26-20)14-27-10-8-18(9-11-27)29-21-5-3-2-4-19(21)24/h2-5,12-13,15,18H,6-11,14H2,1H3. The number of hydrogen-bond acceptors (Lipinski definition) is 3. The summed E-state index contributed by atoms with van der Waals surface area (Å²) in [4.78, 5) is 7.25. The minimum absolute atomic E-state index is 0.184. The molecule has 29 heavy (non-hydrogen) atoms. The number of halogens is 2. The quantitative estimate of drug-likeness (QED) is 0.575. The predicted octanol–water partition coefficient (Wildman–Crippen LogP) is 5.38. The number of aryl methyl sites for hydroxylation is 1. The van der Waals surface area contributed by atoms with E-state index < -0.39 is 0 Å². The van der Waals surface area contributed by atoms with Crippen LogP contribution in [0, 0.1) is 5.82 Å². The molecular formula is C23H25ClFN3O. The second-order valence-corrected chi connectivity index (χ2v) is 8.65. The average molecular weight is 414 g/mol. The molecule has 0 radical (unpaired) electrons. The fraction of sp³-hybridized carbons (Fsp3) is 0.435. The Balaban J connectivity index is 1.30. The van der Waals surface area contributed by atoms with Crippen molar-refractivity contribution < 1.29 is 9.13 Å². The maximum atomic E-state index is 14.0. The first-order valence-electron chi connectivity index (χ1n) is 10.4. The summed E-state index contributed by atoms with van der Waals surface area (Å²) in [6.07, 6.45) is 4.05. The fourth-order valence-corrected chi connectivity index (χ4v) is 4.88. The molecule has 1 aromatic heterocycles. The van der Waals surface area contributed by atoms with E-state index in [2.05, 4.69) is 16.4 Å². The zero-order chi connectivity index (χ0) is 20.0. The van der Waals surface area contributed by atoms with E-state index in [-0.39, 0.29) is 11.9 Å². The van der Waals surface area contributed by atoms with Crippen LogP contribution in [0.1, 0.15) is 43.6 Å². The highest BCUT2D eigenvalue weighted by Gasteiger charge is 2.27. The number of piperidine rings is 1. The minimum atomic E-state index is -0.184. The summed E-state index contributed by atoms with van der Waals surface area (Å²) >= 11 is 6.22. The Morgan fingerprint density at radius 1 is 1.17 bits per heavy atom. The Kier molecular flexibility index (Phi) is 4.96. The predicted molar refractivity (Wildman–Crippen MR) is 113 cm³/mol. The molecule has 1 saturated heterocycles. The van der Waals surface area contributed by atoms with Gasteiger partial charge in [0, 0.05) is 25.2 Å². The maximum Gasteiger partial charge on any atom is 0.138 e. The molecule has 0 aliphatic carbocycles. The molecule has 1 atom stereocenters. The van der Waals surface area contributed by atoms with Crippen molar-refractivity contribution in [2.75, 3.05) is 13.1 Å². The van der Waals surface area contributed by atoms with Gasteiger partial charge in [-0.1, -0.05) is 23.7 Å². The summed E-state index contributed by atoms with van der Waals surface area (Å²) in [7, 11) is 0. The molecule has 5 rings (SSSR count). The highest BCUT2D eigenvalue weighted by Crippen LogP contribution is 2.34. The average Bonchev–Trinajstić information content (AvgIpc) is 3.07. The molecule has 3 aromatic rings. The second-order valence-electron chi connectivity index (χ2n) is 8.24. The van der Waals surface area contributed by atoms with E-state index in [1.54, 1.807) is 12.1 Å². The first-order valence-corrected chi connectivity index (χ1v) is 10.8. The number of ether oxygens (including phenoxy) is 1. The summed E-state index contributed by atoms with van der Waals surface area (Å²) in [6, 6.07) is 11.3. The van der Waals surface area contributed by atoms with E-state index in [0.29, 0.717) is 11.1 Å². The monoisotopic (exact) mass is 413 g/mol. The molecule has 1 unspecified atom stereocenters. The molecule has 3 heterocycles. The van der Waals surface area contributed by atoms with Gasteiger partial charge in [0.2, 0.25) is 0 Å². The molecule has 2 aromatic carbocycles. The summed E-state index contributed by atoms with van der Waals surface area (Å²) in [5.41, 5.74) is 3.00. The Bertz CT molecular complexity index is 1040. The van der Waals surface area contributed by atoms with Gasteiger partial charge in [0.15, 0.2) is 0 Å². The van der Waals surface area contributed by atoms with Crippen molar-refractivity contribution in [3.63, 3.8) is 0 Å². The Morgan fingerprint density at radius 3 is 2.76 bits per heavy atom. The van der Waals surface area contributed by atoms with Crippen LogP contribution < -0.4 is 4.74 Å². The van der Waals surface area contributed by atoms with Crippen molar-refractivity contribution in [1.29, 1.82) is 0 Å². The smallest absolute Gasteiger partial charge is 0.138 e. The van der Waals surface area contributed by atoms with Gasteiger partial charge < -0.3 is 9.30 Å². The normalized spacial score (nSPS) is 20.3. The van der Waals surface area contributed by atoms with Gasteiger partial charge in [0.05, 0.1) is 22.6 Å². The molecule has 6 heteroatoms. The van der Waals surface area contributed by atoms with Gasteiger partial charge >= 0.3 is 0 Å². The molecule has 4 nitrogen and oxygen atoms in total. The van der Waals surface area contributed by atoms with Gasteiger partial charge in [-0.3, -0.25) is 4.90 Å². The van der Waals surface area contributed by atoms with Crippen molar-refractivity contribution >= 4 is 22.6 Å². The number of imidazole rings is 1. The van der Waals surface area contributed by atoms with Crippen molar-refractivity contribution in [3.05, 3.63) is 58.6 Å². The first kappa shape index (κ1) is 18.9. The molecule has 0 amide bonds. The van der Waals surface area contributed by atoms with E-state index in [4.69, 9.17) is 21.3 Å². The molecule has 152 valence electrons. The van der Waals surface area contributed by atoms with E-state index in [1.807, 2.05) is 24.3 Å². The van der Waals surface area contributed by atoms with Gasteiger partial charge in [0.1, 0.15) is 23.5 Å². The van der Waals surface area contributed by atoms with Gasteiger partial charge in [-0.15, -0.1) is 0 Å². The zero-order valence-corrected chi connectivity index (χ0v) is 17.3. The molecular weight excluding hydrogens is 389 g/mol. The van der Waals surface area contributed by atoms with Crippen LogP contribution in [0.3, 0.4) is 0 Å². The third kappa shape index (κ3) is 3.62. The van der Waals surface area contributed by atoms with Crippen LogP contribution in [0.4, 0.5) is 4.39 Å². The van der Waals surface area contributed by atoms with Gasteiger partial charge in [0.25, 0.3) is 0 Å². The summed E-state index contributed by atoms with van der Waals surface area (Å²) in [6.45, 7) is 4.93. The minimum Gasteiger partial charge on any atom is -0.489 e. The van der Waals surface area contributed by atoms with Crippen LogP contribution in [-0.2, 0) is 13.0 Å². The van der Waals surface area contributed by atoms with Crippen LogP contribution in [0.25, 0.3) is 11.0 Å². The maximum absolute atomic E-state index is 14.0. The Hall–Kier alpha value is -2.11. The SMILES string of the molecule is CC1CCc2cc(F)cc3nc(CN4CCC(Oc5ccccc5Cl)CC4)n1c23. The van der Waals surface area contributed by atoms with Crippen molar-refractivity contribution in [2.24, 2.45) is 0 Å². The van der Waals surface area contributed by atoms with Gasteiger partial charge in [-0.2, -0.15) is 0 Å². The topological polar surface area (TPSA) is 30.3 Å². The molecule has 0 saturated carbocycles. The molecule has 0 N–H and O–H groups in total. The van der Waals surface area contributed by atoms with Crippen LogP contribution >= 0.6 is 11.6 Å². The van der Waals surface area contributed by atoms with E-state index in [0.717, 1.165) is 73.5 Å². The van der Waals surface area contributed by atoms with E-state index >= 15 is 0 Å². The van der Waals surface area contributed by atoms with Gasteiger partial charge in [-0.25, -0.2) is 9.37 Å². The van der Waals surface area contributed by atoms with Gasteiger partial charge in [-0.05, 0) is 56.4 Å². The van der Waals surface area contributed by atoms with Crippen LogP contribution in [-0.4, -0.2) is 33.6 Å². The number of hydrogen-bond donors (Lipinski definition) is 0. The van der Waals surface area contributed by atoms with E-state index in [1.165, 1.54) is 0 Å². The largest absolute Gasteiger partial charge is 0.489 e. The number of aromatic nitrogens is 2.